The summed E-state index contributed by atoms with van der Waals surface area (Å²) in [4.78, 5) is 45.9. The van der Waals surface area contributed by atoms with Gasteiger partial charge in [0.2, 0.25) is 0 Å². The first kappa shape index (κ1) is 38.5. The molecule has 2 amide bonds. The predicted molar refractivity (Wildman–Crippen MR) is 211 cm³/mol. The lowest BCUT2D eigenvalue weighted by Crippen LogP contribution is -2.39. The van der Waals surface area contributed by atoms with Gasteiger partial charge in [0.25, 0.3) is 5.91 Å². The van der Waals surface area contributed by atoms with Gasteiger partial charge < -0.3 is 29.7 Å². The highest BCUT2D eigenvalue weighted by Gasteiger charge is 2.28. The summed E-state index contributed by atoms with van der Waals surface area (Å²) < 4.78 is 10.6. The number of rotatable bonds is 18. The molecule has 11 nitrogen and oxygen atoms in total. The van der Waals surface area contributed by atoms with Gasteiger partial charge in [0.05, 0.1) is 50.0 Å². The Labute approximate surface area is 318 Å². The van der Waals surface area contributed by atoms with Gasteiger partial charge in [-0.1, -0.05) is 106 Å². The lowest BCUT2D eigenvalue weighted by atomic mass is 10.0. The highest BCUT2D eigenvalue weighted by atomic mass is 16.5. The van der Waals surface area contributed by atoms with Crippen LogP contribution >= 0.6 is 0 Å². The monoisotopic (exact) mass is 731 g/mol. The Balaban J connectivity index is 1.08. The van der Waals surface area contributed by atoms with Crippen molar-refractivity contribution in [3.05, 3.63) is 108 Å². The predicted octanol–water partition coefficient (Wildman–Crippen LogP) is 8.14. The van der Waals surface area contributed by atoms with Crippen molar-refractivity contribution < 1.29 is 19.1 Å². The number of hydrogen-bond acceptors (Lipinski definition) is 7. The van der Waals surface area contributed by atoms with Crippen molar-refractivity contribution in [1.82, 2.24) is 35.1 Å². The number of methoxy groups -OCH3 is 1. The summed E-state index contributed by atoms with van der Waals surface area (Å²) in [6.07, 6.45) is 8.75. The molecular formula is C43H53N7O4. The van der Waals surface area contributed by atoms with E-state index in [1.54, 1.807) is 0 Å². The zero-order chi connectivity index (χ0) is 37.7. The highest BCUT2D eigenvalue weighted by molar-refractivity contribution is 5.81. The molecule has 0 spiro atoms. The third-order valence-corrected chi connectivity index (χ3v) is 9.94. The van der Waals surface area contributed by atoms with Gasteiger partial charge in [-0.05, 0) is 60.0 Å². The van der Waals surface area contributed by atoms with Crippen molar-refractivity contribution in [3.63, 3.8) is 0 Å². The average molecular weight is 732 g/mol. The second-order valence-corrected chi connectivity index (χ2v) is 13.9. The number of imidazole rings is 2. The second-order valence-electron chi connectivity index (χ2n) is 13.9. The van der Waals surface area contributed by atoms with Crippen LogP contribution in [0.15, 0.2) is 91.3 Å². The minimum atomic E-state index is -0.448. The highest BCUT2D eigenvalue weighted by Crippen LogP contribution is 2.27. The van der Waals surface area contributed by atoms with Crippen molar-refractivity contribution >= 4 is 12.0 Å². The van der Waals surface area contributed by atoms with Gasteiger partial charge in [0.15, 0.2) is 0 Å². The van der Waals surface area contributed by atoms with Gasteiger partial charge in [0.1, 0.15) is 17.8 Å². The number of nitrogens with zero attached hydrogens (tertiary/aromatic N) is 4. The van der Waals surface area contributed by atoms with Crippen LogP contribution in [0.2, 0.25) is 0 Å². The van der Waals surface area contributed by atoms with Crippen molar-refractivity contribution in [2.75, 3.05) is 33.4 Å². The summed E-state index contributed by atoms with van der Waals surface area (Å²) in [5.74, 6) is 1.71. The zero-order valence-corrected chi connectivity index (χ0v) is 31.7. The number of aromatic amines is 2. The van der Waals surface area contributed by atoms with E-state index >= 15 is 0 Å². The van der Waals surface area contributed by atoms with Crippen molar-refractivity contribution in [2.24, 2.45) is 0 Å². The van der Waals surface area contributed by atoms with E-state index in [0.29, 0.717) is 32.8 Å². The normalized spacial score (nSPS) is 14.6. The van der Waals surface area contributed by atoms with Crippen LogP contribution in [0.3, 0.4) is 0 Å². The number of H-pyrrole nitrogens is 2. The van der Waals surface area contributed by atoms with Crippen LogP contribution in [0.25, 0.3) is 33.6 Å². The number of carbonyl (C=O) groups is 2. The molecule has 2 aromatic heterocycles. The Bertz CT molecular complexity index is 1900. The average Bonchev–Trinajstić information content (AvgIpc) is 4.02. The number of nitrogens with one attached hydrogen (secondary N) is 3. The molecule has 1 aliphatic rings. The first-order valence-electron chi connectivity index (χ1n) is 19.2. The molecule has 2 atom stereocenters. The maximum atomic E-state index is 13.1. The first-order chi connectivity index (χ1) is 26.4. The van der Waals surface area contributed by atoms with E-state index in [9.17, 15) is 9.59 Å². The van der Waals surface area contributed by atoms with Crippen molar-refractivity contribution in [3.8, 4) is 33.6 Å². The maximum Gasteiger partial charge on any atom is 0.407 e. The molecule has 0 bridgehead atoms. The van der Waals surface area contributed by atoms with E-state index in [2.05, 4.69) is 87.5 Å². The van der Waals surface area contributed by atoms with E-state index in [-0.39, 0.29) is 18.1 Å². The number of ether oxygens (including phenoxy) is 2. The SMILES string of the molecule is CCCCN(Cc1ncc(-c2ccc(-c3ccc(-c4cnc(CN(CCCC)C(=O)C5CCCO5)[nH]4)cc3)cc2)[nH]1)CC(NC(=O)OC)c1ccccc1. The molecule has 54 heavy (non-hydrogen) atoms. The smallest absolute Gasteiger partial charge is 0.407 e. The molecule has 3 aromatic carbocycles. The van der Waals surface area contributed by atoms with E-state index in [1.165, 1.54) is 7.11 Å². The molecule has 284 valence electrons. The fourth-order valence-electron chi connectivity index (χ4n) is 6.84. The minimum Gasteiger partial charge on any atom is -0.453 e. The van der Waals surface area contributed by atoms with Crippen LogP contribution in [0.4, 0.5) is 4.79 Å². The van der Waals surface area contributed by atoms with Crippen LogP contribution in [0, 0.1) is 0 Å². The third kappa shape index (κ3) is 10.2. The molecule has 1 fully saturated rings. The molecule has 0 radical (unpaired) electrons. The number of carbonyl (C=O) groups excluding carboxylic acids is 2. The van der Waals surface area contributed by atoms with E-state index in [0.717, 1.165) is 95.9 Å². The quantitative estimate of drug-likeness (QED) is 0.0830. The maximum absolute atomic E-state index is 13.1. The van der Waals surface area contributed by atoms with Gasteiger partial charge >= 0.3 is 6.09 Å². The number of benzene rings is 3. The third-order valence-electron chi connectivity index (χ3n) is 9.94. The molecule has 1 saturated heterocycles. The molecule has 0 saturated carbocycles. The van der Waals surface area contributed by atoms with E-state index in [1.807, 2.05) is 47.6 Å². The molecule has 1 aliphatic heterocycles. The molecular weight excluding hydrogens is 679 g/mol. The molecule has 0 aliphatic carbocycles. The van der Waals surface area contributed by atoms with Crippen molar-refractivity contribution in [2.45, 2.75) is 77.6 Å². The number of unbranched alkanes of at least 4 members (excludes halogenated alkanes) is 2. The number of amides is 2. The van der Waals surface area contributed by atoms with Crippen LogP contribution in [0.5, 0.6) is 0 Å². The summed E-state index contributed by atoms with van der Waals surface area (Å²) in [5, 5.41) is 3.01. The largest absolute Gasteiger partial charge is 0.453 e. The Kier molecular flexibility index (Phi) is 13.7. The standard InChI is InChI=1S/C43H53N7O4/c1-4-6-23-49(28-38(48-43(52)53-3)33-12-9-8-10-13-33)29-40-44-26-36(46-40)34-19-15-31(16-20-34)32-17-21-35(22-18-32)37-27-45-41(47-37)30-50(24-7-5-2)42(51)39-14-11-25-54-39/h8-10,12-13,15-22,26-27,38-39H,4-7,11,14,23-25,28-30H2,1-3H3,(H,44,46)(H,45,47)(H,48,52). The number of hydrogen-bond donors (Lipinski definition) is 3. The lowest BCUT2D eigenvalue weighted by Gasteiger charge is -2.27. The fourth-order valence-corrected chi connectivity index (χ4v) is 6.84. The molecule has 3 heterocycles. The lowest BCUT2D eigenvalue weighted by molar-refractivity contribution is -0.141. The first-order valence-corrected chi connectivity index (χ1v) is 19.2. The van der Waals surface area contributed by atoms with Crippen LogP contribution in [-0.4, -0.2) is 81.2 Å². The van der Waals surface area contributed by atoms with Crippen LogP contribution in [0.1, 0.15) is 75.6 Å². The Morgan fingerprint density at radius 3 is 1.94 bits per heavy atom. The van der Waals surface area contributed by atoms with Gasteiger partial charge in [-0.15, -0.1) is 0 Å². The Morgan fingerprint density at radius 1 is 0.815 bits per heavy atom. The summed E-state index contributed by atoms with van der Waals surface area (Å²) in [5.41, 5.74) is 7.22. The zero-order valence-electron chi connectivity index (χ0n) is 31.7. The Morgan fingerprint density at radius 2 is 1.39 bits per heavy atom. The second kappa shape index (κ2) is 19.2. The molecule has 5 aromatic rings. The minimum absolute atomic E-state index is 0.0651. The van der Waals surface area contributed by atoms with Gasteiger partial charge in [-0.3, -0.25) is 9.69 Å². The summed E-state index contributed by atoms with van der Waals surface area (Å²) in [6, 6.07) is 26.7. The van der Waals surface area contributed by atoms with Gasteiger partial charge in [-0.25, -0.2) is 14.8 Å². The van der Waals surface area contributed by atoms with E-state index in [4.69, 9.17) is 14.5 Å². The molecule has 3 N–H and O–H groups in total. The Hall–Kier alpha value is -5.26. The number of alkyl carbamates (subject to hydrolysis) is 1. The van der Waals surface area contributed by atoms with Crippen LogP contribution < -0.4 is 5.32 Å². The summed E-state index contributed by atoms with van der Waals surface area (Å²) in [6.45, 7) is 8.24. The number of aromatic nitrogens is 4. The summed E-state index contributed by atoms with van der Waals surface area (Å²) >= 11 is 0. The van der Waals surface area contributed by atoms with E-state index < -0.39 is 6.09 Å². The summed E-state index contributed by atoms with van der Waals surface area (Å²) in [7, 11) is 1.39. The topological polar surface area (TPSA) is 128 Å². The fraction of sp³-hybridized carbons (Fsp3) is 0.395. The molecule has 6 rings (SSSR count). The van der Waals surface area contributed by atoms with Crippen LogP contribution in [-0.2, 0) is 27.4 Å². The molecule has 2 unspecified atom stereocenters. The van der Waals surface area contributed by atoms with Crippen molar-refractivity contribution in [1.29, 1.82) is 0 Å². The van der Waals surface area contributed by atoms with Gasteiger partial charge in [0, 0.05) is 19.7 Å². The molecule has 11 heteroatoms. The van der Waals surface area contributed by atoms with Gasteiger partial charge in [-0.2, -0.15) is 0 Å².